The number of carbonyl (C=O) groups excluding carboxylic acids is 1. The number of hydrogen-bond acceptors (Lipinski definition) is 4. The van der Waals surface area contributed by atoms with Gasteiger partial charge in [-0.3, -0.25) is 9.78 Å². The molecule has 1 aromatic carbocycles. The van der Waals surface area contributed by atoms with Crippen LogP contribution in [0.4, 0.5) is 17.1 Å². The monoisotopic (exact) mass is 380 g/mol. The Hall–Kier alpha value is -2.56. The van der Waals surface area contributed by atoms with Gasteiger partial charge in [-0.15, -0.1) is 0 Å². The van der Waals surface area contributed by atoms with Crippen molar-refractivity contribution in [2.24, 2.45) is 0 Å². The lowest BCUT2D eigenvalue weighted by Crippen LogP contribution is -2.24. The van der Waals surface area contributed by atoms with Crippen LogP contribution in [0.5, 0.6) is 0 Å². The van der Waals surface area contributed by atoms with Crippen molar-refractivity contribution < 1.29 is 4.79 Å². The first-order valence-electron chi connectivity index (χ1n) is 10.5. The summed E-state index contributed by atoms with van der Waals surface area (Å²) in [5.41, 5.74) is 4.63. The van der Waals surface area contributed by atoms with Crippen molar-refractivity contribution in [1.29, 1.82) is 0 Å². The summed E-state index contributed by atoms with van der Waals surface area (Å²) in [7, 11) is 0. The van der Waals surface area contributed by atoms with E-state index < -0.39 is 0 Å². The first-order chi connectivity index (χ1) is 13.6. The first-order valence-corrected chi connectivity index (χ1v) is 10.5. The van der Waals surface area contributed by atoms with Crippen LogP contribution >= 0.6 is 0 Å². The van der Waals surface area contributed by atoms with Gasteiger partial charge in [0.25, 0.3) is 5.91 Å². The Morgan fingerprint density at radius 3 is 2.43 bits per heavy atom. The maximum Gasteiger partial charge on any atom is 0.274 e. The van der Waals surface area contributed by atoms with Crippen LogP contribution in [0.2, 0.25) is 0 Å². The number of carbonyl (C=O) groups is 1. The van der Waals surface area contributed by atoms with Crippen LogP contribution in [0.1, 0.15) is 55.6 Å². The zero-order chi connectivity index (χ0) is 19.9. The van der Waals surface area contributed by atoms with E-state index in [1.54, 1.807) is 6.20 Å². The van der Waals surface area contributed by atoms with E-state index in [0.717, 1.165) is 43.1 Å². The lowest BCUT2D eigenvalue weighted by atomic mass is 10.1. The highest BCUT2D eigenvalue weighted by molar-refractivity contribution is 6.03. The molecule has 0 atom stereocenters. The molecule has 0 unspecified atom stereocenters. The van der Waals surface area contributed by atoms with Gasteiger partial charge in [0.2, 0.25) is 0 Å². The summed E-state index contributed by atoms with van der Waals surface area (Å²) >= 11 is 0. The van der Waals surface area contributed by atoms with Crippen LogP contribution in [0.15, 0.2) is 36.5 Å². The van der Waals surface area contributed by atoms with Gasteiger partial charge in [-0.1, -0.05) is 12.8 Å². The highest BCUT2D eigenvalue weighted by atomic mass is 16.1. The van der Waals surface area contributed by atoms with Crippen LogP contribution in [-0.4, -0.2) is 37.1 Å². The summed E-state index contributed by atoms with van der Waals surface area (Å²) < 4.78 is 0. The number of aromatic nitrogens is 1. The van der Waals surface area contributed by atoms with Gasteiger partial charge in [0.1, 0.15) is 5.69 Å². The third kappa shape index (κ3) is 4.83. The van der Waals surface area contributed by atoms with Gasteiger partial charge >= 0.3 is 0 Å². The van der Waals surface area contributed by atoms with Crippen molar-refractivity contribution in [2.75, 3.05) is 41.3 Å². The summed E-state index contributed by atoms with van der Waals surface area (Å²) in [4.78, 5) is 21.8. The fourth-order valence-corrected chi connectivity index (χ4v) is 3.83. The third-order valence-electron chi connectivity index (χ3n) is 5.53. The molecule has 0 spiro atoms. The fraction of sp³-hybridized carbons (Fsp3) is 0.478. The number of rotatable bonds is 6. The predicted octanol–water partition coefficient (Wildman–Crippen LogP) is 4.87. The number of aryl methyl sites for hydroxylation is 1. The molecule has 3 rings (SSSR count). The summed E-state index contributed by atoms with van der Waals surface area (Å²) in [6.45, 7) is 10.4. The van der Waals surface area contributed by atoms with E-state index >= 15 is 0 Å². The van der Waals surface area contributed by atoms with Gasteiger partial charge in [-0.2, -0.15) is 0 Å². The molecule has 2 aromatic rings. The highest BCUT2D eigenvalue weighted by Crippen LogP contribution is 2.24. The normalized spacial score (nSPS) is 14.5. The summed E-state index contributed by atoms with van der Waals surface area (Å²) in [6.07, 6.45) is 6.74. The molecule has 5 heteroatoms. The molecule has 1 aliphatic heterocycles. The van der Waals surface area contributed by atoms with Gasteiger partial charge < -0.3 is 15.1 Å². The number of nitrogens with one attached hydrogen (secondary N) is 1. The molecule has 28 heavy (non-hydrogen) atoms. The van der Waals surface area contributed by atoms with Gasteiger partial charge in [0.05, 0.1) is 0 Å². The Kier molecular flexibility index (Phi) is 6.90. The van der Waals surface area contributed by atoms with E-state index in [4.69, 9.17) is 0 Å². The molecular weight excluding hydrogens is 348 g/mol. The Balaban J connectivity index is 1.73. The van der Waals surface area contributed by atoms with Crippen LogP contribution < -0.4 is 15.1 Å². The number of pyridine rings is 1. The van der Waals surface area contributed by atoms with Crippen LogP contribution in [0.25, 0.3) is 0 Å². The third-order valence-corrected chi connectivity index (χ3v) is 5.53. The standard InChI is InChI=1S/C23H32N4O/c1-4-26(5-2)19-10-11-21(18(3)16-19)25-23(28)22-17-20(12-13-24-22)27-14-8-6-7-9-15-27/h10-13,16-17H,4-9,14-15H2,1-3H3,(H,25,28). The van der Waals surface area contributed by atoms with Crippen LogP contribution in [0.3, 0.4) is 0 Å². The molecule has 2 heterocycles. The maximum absolute atomic E-state index is 12.8. The smallest absolute Gasteiger partial charge is 0.274 e. The summed E-state index contributed by atoms with van der Waals surface area (Å²) in [5.74, 6) is -0.157. The molecule has 1 N–H and O–H groups in total. The van der Waals surface area contributed by atoms with Crippen molar-refractivity contribution in [3.63, 3.8) is 0 Å². The predicted molar refractivity (Wildman–Crippen MR) is 118 cm³/mol. The van der Waals surface area contributed by atoms with Crippen LogP contribution in [0, 0.1) is 6.92 Å². The van der Waals surface area contributed by atoms with Gasteiger partial charge in [-0.25, -0.2) is 0 Å². The molecule has 0 aliphatic carbocycles. The lowest BCUT2D eigenvalue weighted by molar-refractivity contribution is 0.102. The number of benzene rings is 1. The number of amides is 1. The Morgan fingerprint density at radius 2 is 1.79 bits per heavy atom. The van der Waals surface area contributed by atoms with Gasteiger partial charge in [0, 0.05) is 49.4 Å². The molecule has 0 radical (unpaired) electrons. The van der Waals surface area contributed by atoms with Crippen LogP contribution in [-0.2, 0) is 0 Å². The summed E-state index contributed by atoms with van der Waals surface area (Å²) in [5, 5.41) is 3.03. The Labute approximate surface area is 168 Å². The zero-order valence-corrected chi connectivity index (χ0v) is 17.4. The Bertz CT molecular complexity index is 793. The van der Waals surface area contributed by atoms with Gasteiger partial charge in [-0.05, 0) is 69.5 Å². The molecule has 5 nitrogen and oxygen atoms in total. The molecule has 150 valence electrons. The number of hydrogen-bond donors (Lipinski definition) is 1. The van der Waals surface area contributed by atoms with Crippen molar-refractivity contribution in [2.45, 2.75) is 46.5 Å². The number of anilines is 3. The first kappa shape index (κ1) is 20.2. The van der Waals surface area contributed by atoms with E-state index in [2.05, 4.69) is 46.1 Å². The quantitative estimate of drug-likeness (QED) is 0.777. The fourth-order valence-electron chi connectivity index (χ4n) is 3.83. The number of nitrogens with zero attached hydrogens (tertiary/aromatic N) is 3. The molecule has 1 aromatic heterocycles. The van der Waals surface area contributed by atoms with E-state index in [9.17, 15) is 4.79 Å². The molecule has 0 bridgehead atoms. The second kappa shape index (κ2) is 9.58. The second-order valence-electron chi connectivity index (χ2n) is 7.43. The molecular formula is C23H32N4O. The van der Waals surface area contributed by atoms with Crippen molar-refractivity contribution in [3.05, 3.63) is 47.8 Å². The minimum absolute atomic E-state index is 0.157. The second-order valence-corrected chi connectivity index (χ2v) is 7.43. The van der Waals surface area contributed by atoms with E-state index in [0.29, 0.717) is 5.69 Å². The van der Waals surface area contributed by atoms with Crippen molar-refractivity contribution in [1.82, 2.24) is 4.98 Å². The topological polar surface area (TPSA) is 48.5 Å². The molecule has 1 aliphatic rings. The Morgan fingerprint density at radius 1 is 1.07 bits per heavy atom. The van der Waals surface area contributed by atoms with Crippen molar-refractivity contribution in [3.8, 4) is 0 Å². The van der Waals surface area contributed by atoms with Crippen molar-refractivity contribution >= 4 is 23.0 Å². The molecule has 1 amide bonds. The molecule has 1 fully saturated rings. The maximum atomic E-state index is 12.8. The van der Waals surface area contributed by atoms with Gasteiger partial charge in [0.15, 0.2) is 0 Å². The average Bonchev–Trinajstić information content (AvgIpc) is 3.00. The zero-order valence-electron chi connectivity index (χ0n) is 17.4. The van der Waals surface area contributed by atoms with E-state index in [1.807, 2.05) is 25.1 Å². The molecule has 0 saturated carbocycles. The average molecular weight is 381 g/mol. The largest absolute Gasteiger partial charge is 0.372 e. The highest BCUT2D eigenvalue weighted by Gasteiger charge is 2.15. The summed E-state index contributed by atoms with van der Waals surface area (Å²) in [6, 6.07) is 10.1. The minimum Gasteiger partial charge on any atom is -0.372 e. The minimum atomic E-state index is -0.157. The SMILES string of the molecule is CCN(CC)c1ccc(NC(=O)c2cc(N3CCCCCC3)ccn2)c(C)c1. The van der Waals surface area contributed by atoms with E-state index in [1.165, 1.54) is 31.4 Å². The lowest BCUT2D eigenvalue weighted by Gasteiger charge is -2.23. The molecule has 1 saturated heterocycles. The van der Waals surface area contributed by atoms with E-state index in [-0.39, 0.29) is 5.91 Å².